The van der Waals surface area contributed by atoms with Gasteiger partial charge in [0.25, 0.3) is 0 Å². The lowest BCUT2D eigenvalue weighted by Gasteiger charge is -2.08. The second-order valence-electron chi connectivity index (χ2n) is 4.26. The first kappa shape index (κ1) is 16.5. The van der Waals surface area contributed by atoms with Crippen molar-refractivity contribution < 1.29 is 4.79 Å². The zero-order valence-electron chi connectivity index (χ0n) is 11.2. The van der Waals surface area contributed by atoms with Crippen LogP contribution in [-0.2, 0) is 4.79 Å². The average Bonchev–Trinajstić information content (AvgIpc) is 2.40. The van der Waals surface area contributed by atoms with Crippen LogP contribution in [0.3, 0.4) is 0 Å². The van der Waals surface area contributed by atoms with E-state index in [0.29, 0.717) is 6.54 Å². The fraction of sp³-hybridized carbons (Fsp3) is 0.500. The van der Waals surface area contributed by atoms with Crippen LogP contribution in [0, 0.1) is 0 Å². The minimum absolute atomic E-state index is 0.00369. The number of thioether (sulfide) groups is 1. The molecule has 0 atom stereocenters. The van der Waals surface area contributed by atoms with E-state index in [4.69, 9.17) is 0 Å². The second-order valence-corrected chi connectivity index (χ2v) is 6.10. The van der Waals surface area contributed by atoms with Crippen LogP contribution in [0.1, 0.15) is 19.3 Å². The van der Waals surface area contributed by atoms with Crippen LogP contribution in [0.25, 0.3) is 0 Å². The van der Waals surface area contributed by atoms with Crippen molar-refractivity contribution in [2.24, 2.45) is 0 Å². The molecule has 0 aliphatic carbocycles. The van der Waals surface area contributed by atoms with Crippen molar-refractivity contribution >= 4 is 39.3 Å². The highest BCUT2D eigenvalue weighted by atomic mass is 79.9. The van der Waals surface area contributed by atoms with Gasteiger partial charge in [-0.1, -0.05) is 18.6 Å². The van der Waals surface area contributed by atoms with Crippen molar-refractivity contribution in [2.45, 2.75) is 19.3 Å². The van der Waals surface area contributed by atoms with Crippen molar-refractivity contribution in [2.75, 3.05) is 30.4 Å². The molecule has 0 heterocycles. The molecule has 0 saturated heterocycles. The van der Waals surface area contributed by atoms with Crippen LogP contribution in [-0.4, -0.2) is 31.0 Å². The summed E-state index contributed by atoms with van der Waals surface area (Å²) < 4.78 is 0.903. The molecule has 0 unspecified atom stereocenters. The molecule has 5 heteroatoms. The van der Waals surface area contributed by atoms with Crippen LogP contribution in [0.4, 0.5) is 5.69 Å². The number of benzene rings is 1. The lowest BCUT2D eigenvalue weighted by Crippen LogP contribution is -2.28. The van der Waals surface area contributed by atoms with E-state index >= 15 is 0 Å². The van der Waals surface area contributed by atoms with Gasteiger partial charge in [0.1, 0.15) is 0 Å². The van der Waals surface area contributed by atoms with E-state index in [1.807, 2.05) is 36.0 Å². The Balaban J connectivity index is 2.10. The molecule has 106 valence electrons. The molecule has 0 bridgehead atoms. The summed E-state index contributed by atoms with van der Waals surface area (Å²) in [5.74, 6) is 1.22. The summed E-state index contributed by atoms with van der Waals surface area (Å²) in [5.41, 5.74) is 0.814. The molecule has 1 rings (SSSR count). The molecule has 3 nitrogen and oxygen atoms in total. The molecule has 0 aromatic heterocycles. The Kier molecular flexibility index (Phi) is 8.95. The third-order valence-electron chi connectivity index (χ3n) is 2.64. The maximum atomic E-state index is 11.7. The molecule has 0 fully saturated rings. The zero-order valence-corrected chi connectivity index (χ0v) is 13.6. The van der Waals surface area contributed by atoms with E-state index in [1.165, 1.54) is 18.6 Å². The van der Waals surface area contributed by atoms with Gasteiger partial charge in [0.2, 0.25) is 5.91 Å². The van der Waals surface area contributed by atoms with Crippen LogP contribution < -0.4 is 10.6 Å². The van der Waals surface area contributed by atoms with E-state index in [1.54, 1.807) is 0 Å². The maximum Gasteiger partial charge on any atom is 0.238 e. The zero-order chi connectivity index (χ0) is 13.9. The number of carbonyl (C=O) groups is 1. The largest absolute Gasteiger partial charge is 0.324 e. The van der Waals surface area contributed by atoms with Crippen molar-refractivity contribution in [1.82, 2.24) is 5.32 Å². The summed E-state index contributed by atoms with van der Waals surface area (Å²) in [4.78, 5) is 11.7. The minimum Gasteiger partial charge on any atom is -0.324 e. The SMILES string of the molecule is CSCCCCCNCC(=O)Nc1ccccc1Br. The summed E-state index contributed by atoms with van der Waals surface area (Å²) in [6, 6.07) is 7.62. The molecule has 2 N–H and O–H groups in total. The van der Waals surface area contributed by atoms with E-state index in [-0.39, 0.29) is 5.91 Å². The molecule has 1 aromatic rings. The highest BCUT2D eigenvalue weighted by molar-refractivity contribution is 9.10. The molecular formula is C14H21BrN2OS. The molecule has 1 amide bonds. The van der Waals surface area contributed by atoms with Gasteiger partial charge < -0.3 is 10.6 Å². The predicted octanol–water partition coefficient (Wildman–Crippen LogP) is 3.51. The van der Waals surface area contributed by atoms with Gasteiger partial charge in [-0.15, -0.1) is 0 Å². The molecule has 0 radical (unpaired) electrons. The van der Waals surface area contributed by atoms with Gasteiger partial charge in [-0.25, -0.2) is 0 Å². The van der Waals surface area contributed by atoms with E-state index in [0.717, 1.165) is 23.1 Å². The molecule has 0 aliphatic rings. The highest BCUT2D eigenvalue weighted by Gasteiger charge is 2.03. The van der Waals surface area contributed by atoms with Gasteiger partial charge in [0, 0.05) is 4.47 Å². The van der Waals surface area contributed by atoms with Gasteiger partial charge >= 0.3 is 0 Å². The van der Waals surface area contributed by atoms with Crippen molar-refractivity contribution in [3.05, 3.63) is 28.7 Å². The van der Waals surface area contributed by atoms with Gasteiger partial charge in [0.15, 0.2) is 0 Å². The third-order valence-corrected chi connectivity index (χ3v) is 4.02. The lowest BCUT2D eigenvalue weighted by molar-refractivity contribution is -0.115. The number of hydrogen-bond donors (Lipinski definition) is 2. The van der Waals surface area contributed by atoms with Gasteiger partial charge in [-0.3, -0.25) is 4.79 Å². The van der Waals surface area contributed by atoms with Crippen molar-refractivity contribution in [3.63, 3.8) is 0 Å². The van der Waals surface area contributed by atoms with E-state index < -0.39 is 0 Å². The Hall–Kier alpha value is -0.520. The van der Waals surface area contributed by atoms with E-state index in [9.17, 15) is 4.79 Å². The number of amides is 1. The smallest absolute Gasteiger partial charge is 0.238 e. The topological polar surface area (TPSA) is 41.1 Å². The Bertz CT molecular complexity index is 387. The van der Waals surface area contributed by atoms with Crippen LogP contribution in [0.15, 0.2) is 28.7 Å². The number of nitrogens with one attached hydrogen (secondary N) is 2. The Morgan fingerprint density at radius 2 is 2.05 bits per heavy atom. The highest BCUT2D eigenvalue weighted by Crippen LogP contribution is 2.20. The summed E-state index contributed by atoms with van der Waals surface area (Å²) in [6.07, 6.45) is 5.73. The number of para-hydroxylation sites is 1. The van der Waals surface area contributed by atoms with Crippen molar-refractivity contribution in [1.29, 1.82) is 0 Å². The van der Waals surface area contributed by atoms with Gasteiger partial charge in [-0.05, 0) is 59.5 Å². The summed E-state index contributed by atoms with van der Waals surface area (Å²) in [7, 11) is 0. The van der Waals surface area contributed by atoms with Gasteiger partial charge in [-0.2, -0.15) is 11.8 Å². The number of rotatable bonds is 9. The second kappa shape index (κ2) is 10.3. The summed E-state index contributed by atoms with van der Waals surface area (Å²) in [6.45, 7) is 1.27. The normalized spacial score (nSPS) is 10.4. The first-order valence-corrected chi connectivity index (χ1v) is 8.66. The van der Waals surface area contributed by atoms with Crippen molar-refractivity contribution in [3.8, 4) is 0 Å². The summed E-state index contributed by atoms with van der Waals surface area (Å²) >= 11 is 5.29. The Labute approximate surface area is 128 Å². The Morgan fingerprint density at radius 3 is 2.79 bits per heavy atom. The number of halogens is 1. The third kappa shape index (κ3) is 7.60. The standard InChI is InChI=1S/C14H21BrN2OS/c1-19-10-6-2-5-9-16-11-14(18)17-13-8-4-3-7-12(13)15/h3-4,7-8,16H,2,5-6,9-11H2,1H3,(H,17,18). The number of unbranched alkanes of at least 4 members (excludes halogenated alkanes) is 2. The number of carbonyl (C=O) groups excluding carboxylic acids is 1. The van der Waals surface area contributed by atoms with Crippen LogP contribution >= 0.6 is 27.7 Å². The first-order valence-electron chi connectivity index (χ1n) is 6.48. The number of hydrogen-bond acceptors (Lipinski definition) is 3. The fourth-order valence-electron chi connectivity index (χ4n) is 1.63. The molecular weight excluding hydrogens is 324 g/mol. The van der Waals surface area contributed by atoms with Crippen LogP contribution in [0.5, 0.6) is 0 Å². The minimum atomic E-state index is -0.00369. The van der Waals surface area contributed by atoms with Gasteiger partial charge in [0.05, 0.1) is 12.2 Å². The lowest BCUT2D eigenvalue weighted by atomic mass is 10.2. The predicted molar refractivity (Wildman–Crippen MR) is 87.9 cm³/mol. The first-order chi connectivity index (χ1) is 9.24. The van der Waals surface area contributed by atoms with Crippen LogP contribution in [0.2, 0.25) is 0 Å². The molecule has 0 aliphatic heterocycles. The fourth-order valence-corrected chi connectivity index (χ4v) is 2.51. The summed E-state index contributed by atoms with van der Waals surface area (Å²) in [5, 5.41) is 6.04. The molecule has 0 saturated carbocycles. The Morgan fingerprint density at radius 1 is 1.26 bits per heavy atom. The number of anilines is 1. The maximum absolute atomic E-state index is 11.7. The monoisotopic (exact) mass is 344 g/mol. The molecule has 0 spiro atoms. The van der Waals surface area contributed by atoms with E-state index in [2.05, 4.69) is 32.8 Å². The molecule has 1 aromatic carbocycles. The molecule has 19 heavy (non-hydrogen) atoms. The average molecular weight is 345 g/mol. The quantitative estimate of drug-likeness (QED) is 0.673.